The molecule has 0 saturated carbocycles. The average molecular weight is 246 g/mol. The van der Waals surface area contributed by atoms with Crippen LogP contribution in [0.15, 0.2) is 22.7 Å². The molecule has 70 valence electrons. The van der Waals surface area contributed by atoms with Gasteiger partial charge in [0.05, 0.1) is 11.6 Å². The Bertz CT molecular complexity index is 338. The molecule has 0 heterocycles. The lowest BCUT2D eigenvalue weighted by atomic mass is 10.1. The van der Waals surface area contributed by atoms with Gasteiger partial charge in [-0.15, -0.1) is 0 Å². The number of carbonyl (C=O) groups is 1. The molecule has 13 heavy (non-hydrogen) atoms. The molecule has 0 radical (unpaired) electrons. The monoisotopic (exact) mass is 245 g/mol. The molecular weight excluding hydrogens is 237 g/mol. The van der Waals surface area contributed by atoms with Gasteiger partial charge in [-0.3, -0.25) is 4.79 Å². The average Bonchev–Trinajstić information content (AvgIpc) is 2.08. The van der Waals surface area contributed by atoms with Gasteiger partial charge in [0.15, 0.2) is 5.78 Å². The summed E-state index contributed by atoms with van der Waals surface area (Å²) >= 11 is 3.15. The number of Topliss-reactive ketones (excluding diaryl/α,β-unsaturated/α-hetero) is 1. The van der Waals surface area contributed by atoms with Gasteiger partial charge < -0.3 is 5.73 Å². The standard InChI is InChI=1S/C9H9BrFNO/c1-5(12)9(13)7-4-6(10)2-3-8(7)11/h2-5H,12H2,1H3. The molecule has 1 aromatic rings. The number of halogens is 2. The molecule has 1 rings (SSSR count). The summed E-state index contributed by atoms with van der Waals surface area (Å²) in [6.45, 7) is 1.53. The zero-order valence-corrected chi connectivity index (χ0v) is 8.64. The number of benzene rings is 1. The molecular formula is C9H9BrFNO. The number of hydrogen-bond acceptors (Lipinski definition) is 2. The summed E-state index contributed by atoms with van der Waals surface area (Å²) in [5, 5.41) is 0. The van der Waals surface area contributed by atoms with Gasteiger partial charge in [-0.1, -0.05) is 15.9 Å². The van der Waals surface area contributed by atoms with Crippen molar-refractivity contribution in [1.29, 1.82) is 0 Å². The van der Waals surface area contributed by atoms with Crippen LogP contribution >= 0.6 is 15.9 Å². The van der Waals surface area contributed by atoms with Crippen molar-refractivity contribution in [1.82, 2.24) is 0 Å². The Morgan fingerprint density at radius 3 is 2.77 bits per heavy atom. The van der Waals surface area contributed by atoms with Crippen LogP contribution in [0, 0.1) is 5.82 Å². The lowest BCUT2D eigenvalue weighted by Crippen LogP contribution is -2.27. The Kier molecular flexibility index (Phi) is 3.17. The summed E-state index contributed by atoms with van der Waals surface area (Å²) in [4.78, 5) is 11.3. The summed E-state index contributed by atoms with van der Waals surface area (Å²) in [5.74, 6) is -0.927. The van der Waals surface area contributed by atoms with Gasteiger partial charge in [-0.25, -0.2) is 4.39 Å². The Balaban J connectivity index is 3.13. The van der Waals surface area contributed by atoms with Gasteiger partial charge >= 0.3 is 0 Å². The Morgan fingerprint density at radius 2 is 2.23 bits per heavy atom. The summed E-state index contributed by atoms with van der Waals surface area (Å²) in [5.41, 5.74) is 5.39. The van der Waals surface area contributed by atoms with Crippen LogP contribution in [-0.2, 0) is 0 Å². The maximum Gasteiger partial charge on any atom is 0.182 e. The second-order valence-corrected chi connectivity index (χ2v) is 3.69. The third-order valence-electron chi connectivity index (χ3n) is 1.61. The molecule has 0 bridgehead atoms. The molecule has 0 aromatic heterocycles. The van der Waals surface area contributed by atoms with E-state index in [-0.39, 0.29) is 11.3 Å². The highest BCUT2D eigenvalue weighted by Crippen LogP contribution is 2.16. The Hall–Kier alpha value is -0.740. The van der Waals surface area contributed by atoms with Gasteiger partial charge in [0.2, 0.25) is 0 Å². The molecule has 4 heteroatoms. The van der Waals surface area contributed by atoms with Crippen LogP contribution in [0.2, 0.25) is 0 Å². The zero-order chi connectivity index (χ0) is 10.0. The first kappa shape index (κ1) is 10.3. The van der Waals surface area contributed by atoms with Crippen molar-refractivity contribution in [3.8, 4) is 0 Å². The van der Waals surface area contributed by atoms with Crippen molar-refractivity contribution in [2.75, 3.05) is 0 Å². The van der Waals surface area contributed by atoms with Crippen LogP contribution in [0.5, 0.6) is 0 Å². The Labute approximate surface area is 84.1 Å². The molecule has 1 aromatic carbocycles. The molecule has 0 aliphatic carbocycles. The van der Waals surface area contributed by atoms with Gasteiger partial charge in [-0.2, -0.15) is 0 Å². The van der Waals surface area contributed by atoms with E-state index in [1.54, 1.807) is 0 Å². The molecule has 0 fully saturated rings. The second kappa shape index (κ2) is 3.98. The molecule has 1 atom stereocenters. The number of hydrogen-bond donors (Lipinski definition) is 1. The van der Waals surface area contributed by atoms with Crippen LogP contribution in [0.3, 0.4) is 0 Å². The van der Waals surface area contributed by atoms with Crippen molar-refractivity contribution < 1.29 is 9.18 Å². The van der Waals surface area contributed by atoms with E-state index in [4.69, 9.17) is 5.73 Å². The highest BCUT2D eigenvalue weighted by molar-refractivity contribution is 9.10. The molecule has 0 aliphatic heterocycles. The first-order chi connectivity index (χ1) is 6.02. The quantitative estimate of drug-likeness (QED) is 0.812. The molecule has 0 amide bonds. The van der Waals surface area contributed by atoms with Crippen molar-refractivity contribution in [3.63, 3.8) is 0 Å². The van der Waals surface area contributed by atoms with Crippen LogP contribution in [0.25, 0.3) is 0 Å². The lowest BCUT2D eigenvalue weighted by Gasteiger charge is -2.05. The highest BCUT2D eigenvalue weighted by atomic mass is 79.9. The van der Waals surface area contributed by atoms with Crippen LogP contribution in [-0.4, -0.2) is 11.8 Å². The summed E-state index contributed by atoms with van der Waals surface area (Å²) in [6, 6.07) is 3.53. The maximum atomic E-state index is 13.1. The number of nitrogens with two attached hydrogens (primary N) is 1. The summed E-state index contributed by atoms with van der Waals surface area (Å²) < 4.78 is 13.7. The zero-order valence-electron chi connectivity index (χ0n) is 7.05. The molecule has 0 saturated heterocycles. The topological polar surface area (TPSA) is 43.1 Å². The fraction of sp³-hybridized carbons (Fsp3) is 0.222. The van der Waals surface area contributed by atoms with Crippen molar-refractivity contribution in [2.24, 2.45) is 5.73 Å². The van der Waals surface area contributed by atoms with Crippen molar-refractivity contribution in [3.05, 3.63) is 34.1 Å². The van der Waals surface area contributed by atoms with Gasteiger partial charge in [0, 0.05) is 4.47 Å². The van der Waals surface area contributed by atoms with Gasteiger partial charge in [0.25, 0.3) is 0 Å². The normalized spacial score (nSPS) is 12.6. The third-order valence-corrected chi connectivity index (χ3v) is 2.10. The van der Waals surface area contributed by atoms with E-state index >= 15 is 0 Å². The molecule has 0 aliphatic rings. The predicted molar refractivity (Wildman–Crippen MR) is 52.1 cm³/mol. The van der Waals surface area contributed by atoms with E-state index in [0.717, 1.165) is 0 Å². The van der Waals surface area contributed by atoms with Gasteiger partial charge in [0.1, 0.15) is 5.82 Å². The lowest BCUT2D eigenvalue weighted by molar-refractivity contribution is 0.0964. The summed E-state index contributed by atoms with van der Waals surface area (Å²) in [7, 11) is 0. The number of carbonyl (C=O) groups excluding carboxylic acids is 1. The minimum Gasteiger partial charge on any atom is -0.321 e. The van der Waals surface area contributed by atoms with E-state index < -0.39 is 11.9 Å². The minimum atomic E-state index is -0.677. The number of rotatable bonds is 2. The fourth-order valence-corrected chi connectivity index (χ4v) is 1.29. The van der Waals surface area contributed by atoms with Crippen LogP contribution in [0.4, 0.5) is 4.39 Å². The predicted octanol–water partition coefficient (Wildman–Crippen LogP) is 2.12. The minimum absolute atomic E-state index is 0.0318. The first-order valence-corrected chi connectivity index (χ1v) is 4.56. The molecule has 2 nitrogen and oxygen atoms in total. The third kappa shape index (κ3) is 2.35. The van der Waals surface area contributed by atoms with Crippen molar-refractivity contribution >= 4 is 21.7 Å². The van der Waals surface area contributed by atoms with E-state index in [1.165, 1.54) is 25.1 Å². The number of ketones is 1. The van der Waals surface area contributed by atoms with E-state index in [0.29, 0.717) is 4.47 Å². The van der Waals surface area contributed by atoms with Gasteiger partial charge in [-0.05, 0) is 25.1 Å². The molecule has 1 unspecified atom stereocenters. The fourth-order valence-electron chi connectivity index (χ4n) is 0.932. The maximum absolute atomic E-state index is 13.1. The SMILES string of the molecule is CC(N)C(=O)c1cc(Br)ccc1F. The Morgan fingerprint density at radius 1 is 1.62 bits per heavy atom. The largest absolute Gasteiger partial charge is 0.321 e. The molecule has 2 N–H and O–H groups in total. The van der Waals surface area contributed by atoms with E-state index in [9.17, 15) is 9.18 Å². The van der Waals surface area contributed by atoms with Crippen LogP contribution < -0.4 is 5.73 Å². The van der Waals surface area contributed by atoms with Crippen molar-refractivity contribution in [2.45, 2.75) is 13.0 Å². The molecule has 0 spiro atoms. The first-order valence-electron chi connectivity index (χ1n) is 3.77. The van der Waals surface area contributed by atoms with Crippen LogP contribution in [0.1, 0.15) is 17.3 Å². The smallest absolute Gasteiger partial charge is 0.182 e. The highest BCUT2D eigenvalue weighted by Gasteiger charge is 2.15. The van der Waals surface area contributed by atoms with E-state index in [2.05, 4.69) is 15.9 Å². The van der Waals surface area contributed by atoms with E-state index in [1.807, 2.05) is 0 Å². The second-order valence-electron chi connectivity index (χ2n) is 2.78. The summed E-state index contributed by atoms with van der Waals surface area (Å²) in [6.07, 6.45) is 0.